The molecule has 1 aliphatic carbocycles. The topological polar surface area (TPSA) is 58.2 Å². The minimum absolute atomic E-state index is 0.147. The van der Waals surface area contributed by atoms with Gasteiger partial charge in [0.2, 0.25) is 0 Å². The van der Waals surface area contributed by atoms with E-state index in [2.05, 4.69) is 10.6 Å². The van der Waals surface area contributed by atoms with E-state index in [9.17, 15) is 9.59 Å². The molecule has 1 aliphatic rings. The maximum absolute atomic E-state index is 11.6. The Morgan fingerprint density at radius 3 is 2.28 bits per heavy atom. The molecule has 2 amide bonds. The summed E-state index contributed by atoms with van der Waals surface area (Å²) in [7, 11) is 0. The van der Waals surface area contributed by atoms with Gasteiger partial charge in [-0.05, 0) is 37.1 Å². The third-order valence-electron chi connectivity index (χ3n) is 3.00. The minimum Gasteiger partial charge on any atom is -0.345 e. The second kappa shape index (κ2) is 5.87. The van der Waals surface area contributed by atoms with Crippen LogP contribution in [0.1, 0.15) is 25.7 Å². The van der Waals surface area contributed by atoms with Crippen molar-refractivity contribution in [1.82, 2.24) is 5.32 Å². The SMILES string of the molecule is O=C(Nc1ccc(Cl)cc1)C(=O)NC1CCCC1. The predicted octanol–water partition coefficient (Wildman–Crippen LogP) is 2.34. The van der Waals surface area contributed by atoms with Crippen molar-refractivity contribution in [2.45, 2.75) is 31.7 Å². The van der Waals surface area contributed by atoms with Crippen molar-refractivity contribution in [1.29, 1.82) is 0 Å². The van der Waals surface area contributed by atoms with Crippen molar-refractivity contribution in [2.75, 3.05) is 5.32 Å². The van der Waals surface area contributed by atoms with Crippen LogP contribution < -0.4 is 10.6 Å². The molecule has 96 valence electrons. The number of carbonyl (C=O) groups is 2. The van der Waals surface area contributed by atoms with Crippen LogP contribution in [-0.4, -0.2) is 17.9 Å². The molecule has 0 atom stereocenters. The van der Waals surface area contributed by atoms with Crippen molar-refractivity contribution in [3.05, 3.63) is 29.3 Å². The van der Waals surface area contributed by atoms with Crippen LogP contribution in [0, 0.1) is 0 Å². The molecular weight excluding hydrogens is 252 g/mol. The Kier molecular flexibility index (Phi) is 4.20. The zero-order valence-electron chi connectivity index (χ0n) is 9.91. The largest absolute Gasteiger partial charge is 0.345 e. The van der Waals surface area contributed by atoms with Gasteiger partial charge in [-0.3, -0.25) is 9.59 Å². The van der Waals surface area contributed by atoms with Gasteiger partial charge in [0.25, 0.3) is 0 Å². The number of nitrogens with one attached hydrogen (secondary N) is 2. The highest BCUT2D eigenvalue weighted by Crippen LogP contribution is 2.17. The summed E-state index contributed by atoms with van der Waals surface area (Å²) in [5.41, 5.74) is 0.561. The Morgan fingerprint density at radius 2 is 1.67 bits per heavy atom. The maximum Gasteiger partial charge on any atom is 0.313 e. The highest BCUT2D eigenvalue weighted by molar-refractivity contribution is 6.39. The molecule has 0 aliphatic heterocycles. The summed E-state index contributed by atoms with van der Waals surface area (Å²) in [4.78, 5) is 23.3. The maximum atomic E-state index is 11.6. The van der Waals surface area contributed by atoms with E-state index in [4.69, 9.17) is 11.6 Å². The summed E-state index contributed by atoms with van der Waals surface area (Å²) in [5, 5.41) is 5.85. The number of benzene rings is 1. The van der Waals surface area contributed by atoms with Gasteiger partial charge in [-0.1, -0.05) is 24.4 Å². The average Bonchev–Trinajstić information content (AvgIpc) is 2.85. The smallest absolute Gasteiger partial charge is 0.313 e. The average molecular weight is 267 g/mol. The van der Waals surface area contributed by atoms with E-state index >= 15 is 0 Å². The van der Waals surface area contributed by atoms with E-state index in [1.54, 1.807) is 24.3 Å². The molecule has 0 spiro atoms. The zero-order valence-corrected chi connectivity index (χ0v) is 10.7. The first kappa shape index (κ1) is 12.9. The molecule has 0 aromatic heterocycles. The van der Waals surface area contributed by atoms with Crippen molar-refractivity contribution in [2.24, 2.45) is 0 Å². The predicted molar refractivity (Wildman–Crippen MR) is 70.5 cm³/mol. The number of amides is 2. The van der Waals surface area contributed by atoms with Gasteiger partial charge in [-0.25, -0.2) is 0 Å². The van der Waals surface area contributed by atoms with Crippen LogP contribution >= 0.6 is 11.6 Å². The summed E-state index contributed by atoms with van der Waals surface area (Å²) in [6.45, 7) is 0. The lowest BCUT2D eigenvalue weighted by atomic mass is 10.2. The van der Waals surface area contributed by atoms with Gasteiger partial charge < -0.3 is 10.6 Å². The summed E-state index contributed by atoms with van der Waals surface area (Å²) >= 11 is 5.73. The van der Waals surface area contributed by atoms with Crippen LogP contribution in [0.3, 0.4) is 0 Å². The van der Waals surface area contributed by atoms with Gasteiger partial charge in [-0.15, -0.1) is 0 Å². The van der Waals surface area contributed by atoms with Gasteiger partial charge in [0.05, 0.1) is 0 Å². The van der Waals surface area contributed by atoms with E-state index in [1.807, 2.05) is 0 Å². The van der Waals surface area contributed by atoms with Crippen LogP contribution in [0.5, 0.6) is 0 Å². The lowest BCUT2D eigenvalue weighted by molar-refractivity contribution is -0.136. The fraction of sp³-hybridized carbons (Fsp3) is 0.385. The second-order valence-corrected chi connectivity index (χ2v) is 4.85. The Balaban J connectivity index is 1.86. The lowest BCUT2D eigenvalue weighted by Gasteiger charge is -2.11. The molecule has 1 fully saturated rings. The molecule has 18 heavy (non-hydrogen) atoms. The van der Waals surface area contributed by atoms with E-state index in [-0.39, 0.29) is 6.04 Å². The normalized spacial score (nSPS) is 15.4. The Hall–Kier alpha value is -1.55. The number of hydrogen-bond donors (Lipinski definition) is 2. The van der Waals surface area contributed by atoms with Crippen LogP contribution in [-0.2, 0) is 9.59 Å². The van der Waals surface area contributed by atoms with Crippen molar-refractivity contribution in [3.63, 3.8) is 0 Å². The van der Waals surface area contributed by atoms with Crippen LogP contribution in [0.15, 0.2) is 24.3 Å². The highest BCUT2D eigenvalue weighted by Gasteiger charge is 2.21. The van der Waals surface area contributed by atoms with Gasteiger partial charge in [-0.2, -0.15) is 0 Å². The highest BCUT2D eigenvalue weighted by atomic mass is 35.5. The van der Waals surface area contributed by atoms with Gasteiger partial charge in [0, 0.05) is 16.8 Å². The Bertz CT molecular complexity index is 439. The standard InChI is InChI=1S/C13H15ClN2O2/c14-9-5-7-11(8-6-9)16-13(18)12(17)15-10-3-1-2-4-10/h5-8,10H,1-4H2,(H,15,17)(H,16,18). The van der Waals surface area contributed by atoms with E-state index in [1.165, 1.54) is 0 Å². The van der Waals surface area contributed by atoms with Gasteiger partial charge in [0.15, 0.2) is 0 Å². The first-order valence-electron chi connectivity index (χ1n) is 6.02. The minimum atomic E-state index is -0.635. The van der Waals surface area contributed by atoms with E-state index in [0.717, 1.165) is 25.7 Å². The van der Waals surface area contributed by atoms with Gasteiger partial charge in [0.1, 0.15) is 0 Å². The van der Waals surface area contributed by atoms with Crippen molar-refractivity contribution < 1.29 is 9.59 Å². The number of hydrogen-bond acceptors (Lipinski definition) is 2. The molecule has 2 N–H and O–H groups in total. The number of carbonyl (C=O) groups excluding carboxylic acids is 2. The number of halogens is 1. The molecule has 4 nitrogen and oxygen atoms in total. The molecule has 1 saturated carbocycles. The van der Waals surface area contributed by atoms with Crippen LogP contribution in [0.25, 0.3) is 0 Å². The molecule has 1 aromatic rings. The number of anilines is 1. The molecule has 0 bridgehead atoms. The quantitative estimate of drug-likeness (QED) is 0.807. The molecule has 0 saturated heterocycles. The molecule has 0 heterocycles. The monoisotopic (exact) mass is 266 g/mol. The van der Waals surface area contributed by atoms with Crippen molar-refractivity contribution in [3.8, 4) is 0 Å². The molecule has 1 aromatic carbocycles. The molecular formula is C13H15ClN2O2. The lowest BCUT2D eigenvalue weighted by Crippen LogP contribution is -2.40. The summed E-state index contributed by atoms with van der Waals surface area (Å²) in [5.74, 6) is -1.21. The summed E-state index contributed by atoms with van der Waals surface area (Å²) < 4.78 is 0. The summed E-state index contributed by atoms with van der Waals surface area (Å²) in [6.07, 6.45) is 4.15. The Labute approximate surface area is 111 Å². The van der Waals surface area contributed by atoms with Crippen LogP contribution in [0.2, 0.25) is 5.02 Å². The second-order valence-electron chi connectivity index (χ2n) is 4.42. The van der Waals surface area contributed by atoms with Crippen LogP contribution in [0.4, 0.5) is 5.69 Å². The third kappa shape index (κ3) is 3.47. The molecule has 0 radical (unpaired) electrons. The van der Waals surface area contributed by atoms with E-state index in [0.29, 0.717) is 10.7 Å². The van der Waals surface area contributed by atoms with Crippen molar-refractivity contribution >= 4 is 29.1 Å². The fourth-order valence-corrected chi connectivity index (χ4v) is 2.17. The zero-order chi connectivity index (χ0) is 13.0. The first-order chi connectivity index (χ1) is 8.65. The van der Waals surface area contributed by atoms with E-state index < -0.39 is 11.8 Å². The fourth-order valence-electron chi connectivity index (χ4n) is 2.04. The molecule has 2 rings (SSSR count). The number of rotatable bonds is 2. The first-order valence-corrected chi connectivity index (χ1v) is 6.40. The van der Waals surface area contributed by atoms with Gasteiger partial charge >= 0.3 is 11.8 Å². The molecule has 5 heteroatoms. The Morgan fingerprint density at radius 1 is 1.06 bits per heavy atom. The third-order valence-corrected chi connectivity index (χ3v) is 3.25. The molecule has 0 unspecified atom stereocenters. The summed E-state index contributed by atoms with van der Waals surface area (Å²) in [6, 6.07) is 6.78.